The second kappa shape index (κ2) is 4.45. The first-order valence-corrected chi connectivity index (χ1v) is 6.25. The summed E-state index contributed by atoms with van der Waals surface area (Å²) in [6.07, 6.45) is 0.740. The van der Waals surface area contributed by atoms with Gasteiger partial charge in [0, 0.05) is 0 Å². The van der Waals surface area contributed by atoms with Crippen LogP contribution in [0.5, 0.6) is 0 Å². The molecule has 1 aliphatic rings. The molecule has 104 valence electrons. The molecule has 0 fully saturated rings. The lowest BCUT2D eigenvalue weighted by molar-refractivity contribution is 0.0473. The number of benzene rings is 1. The molecule has 0 spiro atoms. The smallest absolute Gasteiger partial charge is 0.373 e. The average Bonchev–Trinajstić information content (AvgIpc) is 3.06. The van der Waals surface area contributed by atoms with Gasteiger partial charge >= 0.3 is 5.97 Å². The first-order valence-electron chi connectivity index (χ1n) is 6.25. The summed E-state index contributed by atoms with van der Waals surface area (Å²) in [5.74, 6) is -0.710. The molecule has 5 heteroatoms. The van der Waals surface area contributed by atoms with Crippen molar-refractivity contribution in [2.75, 3.05) is 7.11 Å². The van der Waals surface area contributed by atoms with Crippen molar-refractivity contribution in [2.45, 2.75) is 18.4 Å². The zero-order valence-corrected chi connectivity index (χ0v) is 10.9. The number of fused-ring (bicyclic) bond motifs is 1. The predicted octanol–water partition coefficient (Wildman–Crippen LogP) is 2.39. The third-order valence-corrected chi connectivity index (χ3v) is 3.70. The summed E-state index contributed by atoms with van der Waals surface area (Å²) in [6, 6.07) is 7.55. The highest BCUT2D eigenvalue weighted by Crippen LogP contribution is 2.43. The van der Waals surface area contributed by atoms with E-state index in [1.165, 1.54) is 25.3 Å². The SMILES string of the molecule is COC(=O)c1ccc(C2(O)CCc3c(F)cccc32)o1. The fourth-order valence-corrected chi connectivity index (χ4v) is 2.67. The molecule has 0 amide bonds. The number of hydrogen-bond acceptors (Lipinski definition) is 4. The van der Waals surface area contributed by atoms with Crippen LogP contribution >= 0.6 is 0 Å². The second-order valence-electron chi connectivity index (χ2n) is 4.78. The van der Waals surface area contributed by atoms with E-state index in [0.29, 0.717) is 24.0 Å². The molecule has 1 heterocycles. The molecule has 1 atom stereocenters. The Morgan fingerprint density at radius 2 is 2.20 bits per heavy atom. The summed E-state index contributed by atoms with van der Waals surface area (Å²) in [4.78, 5) is 11.4. The lowest BCUT2D eigenvalue weighted by atomic mass is 9.93. The van der Waals surface area contributed by atoms with E-state index >= 15 is 0 Å². The van der Waals surface area contributed by atoms with Crippen LogP contribution in [0.4, 0.5) is 4.39 Å². The largest absolute Gasteiger partial charge is 0.463 e. The summed E-state index contributed by atoms with van der Waals surface area (Å²) >= 11 is 0. The van der Waals surface area contributed by atoms with Gasteiger partial charge in [0.25, 0.3) is 0 Å². The average molecular weight is 276 g/mol. The molecule has 4 nitrogen and oxygen atoms in total. The highest BCUT2D eigenvalue weighted by Gasteiger charge is 2.42. The third-order valence-electron chi connectivity index (χ3n) is 3.70. The Hall–Kier alpha value is -2.14. The molecule has 0 bridgehead atoms. The van der Waals surface area contributed by atoms with Crippen LogP contribution in [0.2, 0.25) is 0 Å². The van der Waals surface area contributed by atoms with Gasteiger partial charge in [-0.25, -0.2) is 9.18 Å². The monoisotopic (exact) mass is 276 g/mol. The van der Waals surface area contributed by atoms with Crippen molar-refractivity contribution in [1.29, 1.82) is 0 Å². The molecule has 3 rings (SSSR count). The number of halogens is 1. The lowest BCUT2D eigenvalue weighted by Crippen LogP contribution is -2.23. The van der Waals surface area contributed by atoms with Crippen LogP contribution < -0.4 is 0 Å². The van der Waals surface area contributed by atoms with E-state index in [-0.39, 0.29) is 17.3 Å². The number of esters is 1. The van der Waals surface area contributed by atoms with E-state index in [9.17, 15) is 14.3 Å². The predicted molar refractivity (Wildman–Crippen MR) is 67.8 cm³/mol. The van der Waals surface area contributed by atoms with Crippen molar-refractivity contribution in [2.24, 2.45) is 0 Å². The van der Waals surface area contributed by atoms with Crippen LogP contribution in [-0.4, -0.2) is 18.2 Å². The highest BCUT2D eigenvalue weighted by molar-refractivity contribution is 5.86. The van der Waals surface area contributed by atoms with Gasteiger partial charge in [-0.15, -0.1) is 0 Å². The van der Waals surface area contributed by atoms with Crippen molar-refractivity contribution in [1.82, 2.24) is 0 Å². The van der Waals surface area contributed by atoms with Crippen molar-refractivity contribution < 1.29 is 23.4 Å². The van der Waals surface area contributed by atoms with Crippen molar-refractivity contribution in [3.63, 3.8) is 0 Å². The molecule has 20 heavy (non-hydrogen) atoms. The zero-order valence-electron chi connectivity index (χ0n) is 10.9. The van der Waals surface area contributed by atoms with Crippen LogP contribution in [-0.2, 0) is 16.8 Å². The van der Waals surface area contributed by atoms with Crippen molar-refractivity contribution >= 4 is 5.97 Å². The molecule has 1 aliphatic carbocycles. The number of hydrogen-bond donors (Lipinski definition) is 1. The molecule has 0 saturated heterocycles. The molecule has 1 N–H and O–H groups in total. The van der Waals surface area contributed by atoms with Crippen molar-refractivity contribution in [3.05, 3.63) is 58.8 Å². The number of carbonyl (C=O) groups excluding carboxylic acids is 1. The Morgan fingerprint density at radius 1 is 1.40 bits per heavy atom. The van der Waals surface area contributed by atoms with Crippen LogP contribution in [0.15, 0.2) is 34.7 Å². The zero-order chi connectivity index (χ0) is 14.3. The van der Waals surface area contributed by atoms with Crippen LogP contribution in [0.25, 0.3) is 0 Å². The van der Waals surface area contributed by atoms with E-state index < -0.39 is 11.6 Å². The number of rotatable bonds is 2. The number of ether oxygens (including phenoxy) is 1. The Kier molecular flexibility index (Phi) is 2.87. The molecule has 1 unspecified atom stereocenters. The summed E-state index contributed by atoms with van der Waals surface area (Å²) in [5, 5.41) is 10.8. The summed E-state index contributed by atoms with van der Waals surface area (Å²) in [7, 11) is 1.25. The van der Waals surface area contributed by atoms with Gasteiger partial charge in [0.05, 0.1) is 7.11 Å². The minimum Gasteiger partial charge on any atom is -0.463 e. The Bertz CT molecular complexity index is 676. The molecule has 1 aromatic carbocycles. The number of methoxy groups -OCH3 is 1. The van der Waals surface area contributed by atoms with Gasteiger partial charge in [-0.3, -0.25) is 0 Å². The minimum absolute atomic E-state index is 0.0146. The normalized spacial score (nSPS) is 20.8. The fourth-order valence-electron chi connectivity index (χ4n) is 2.67. The Morgan fingerprint density at radius 3 is 2.95 bits per heavy atom. The topological polar surface area (TPSA) is 59.7 Å². The first-order chi connectivity index (χ1) is 9.56. The van der Waals surface area contributed by atoms with Gasteiger partial charge in [-0.05, 0) is 42.2 Å². The molecule has 0 radical (unpaired) electrons. The third kappa shape index (κ3) is 1.74. The van der Waals surface area contributed by atoms with Gasteiger partial charge in [0.1, 0.15) is 17.2 Å². The maximum atomic E-state index is 13.7. The highest BCUT2D eigenvalue weighted by atomic mass is 19.1. The fraction of sp³-hybridized carbons (Fsp3) is 0.267. The molecule has 1 aromatic heterocycles. The summed E-state index contributed by atoms with van der Waals surface area (Å²) in [6.45, 7) is 0. The van der Waals surface area contributed by atoms with Crippen LogP contribution in [0.3, 0.4) is 0 Å². The van der Waals surface area contributed by atoms with Crippen LogP contribution in [0.1, 0.15) is 33.9 Å². The Balaban J connectivity index is 2.05. The van der Waals surface area contributed by atoms with Gasteiger partial charge in [0.15, 0.2) is 0 Å². The molecule has 2 aromatic rings. The molecule has 0 aliphatic heterocycles. The van der Waals surface area contributed by atoms with Gasteiger partial charge in [0.2, 0.25) is 5.76 Å². The van der Waals surface area contributed by atoms with E-state index in [1.54, 1.807) is 12.1 Å². The van der Waals surface area contributed by atoms with E-state index in [1.807, 2.05) is 0 Å². The lowest BCUT2D eigenvalue weighted by Gasteiger charge is -2.21. The van der Waals surface area contributed by atoms with E-state index in [4.69, 9.17) is 4.42 Å². The Labute approximate surface area is 114 Å². The first kappa shape index (κ1) is 12.9. The van der Waals surface area contributed by atoms with Crippen molar-refractivity contribution in [3.8, 4) is 0 Å². The number of aliphatic hydroxyl groups is 1. The van der Waals surface area contributed by atoms with Crippen LogP contribution in [0, 0.1) is 5.82 Å². The molecular formula is C15H13FO4. The van der Waals surface area contributed by atoms with Gasteiger partial charge in [-0.1, -0.05) is 12.1 Å². The van der Waals surface area contributed by atoms with Gasteiger partial charge < -0.3 is 14.3 Å². The minimum atomic E-state index is -1.40. The maximum absolute atomic E-state index is 13.7. The van der Waals surface area contributed by atoms with E-state index in [2.05, 4.69) is 4.74 Å². The second-order valence-corrected chi connectivity index (χ2v) is 4.78. The van der Waals surface area contributed by atoms with E-state index in [0.717, 1.165) is 0 Å². The number of carbonyl (C=O) groups is 1. The quantitative estimate of drug-likeness (QED) is 0.856. The summed E-state index contributed by atoms with van der Waals surface area (Å²) in [5.41, 5.74) is -0.418. The molecular weight excluding hydrogens is 263 g/mol. The number of furan rings is 1. The van der Waals surface area contributed by atoms with Gasteiger partial charge in [-0.2, -0.15) is 0 Å². The molecule has 0 saturated carbocycles. The summed E-state index contributed by atoms with van der Waals surface area (Å²) < 4.78 is 23.7. The maximum Gasteiger partial charge on any atom is 0.373 e. The standard InChI is InChI=1S/C15H13FO4/c1-19-14(17)12-5-6-13(20-12)15(18)8-7-9-10(15)3-2-4-11(9)16/h2-6,18H,7-8H2,1H3.